The molecule has 0 aliphatic carbocycles. The average molecular weight is 374 g/mol. The van der Waals surface area contributed by atoms with Crippen LogP contribution < -0.4 is 10.5 Å². The van der Waals surface area contributed by atoms with Crippen molar-refractivity contribution in [2.24, 2.45) is 0 Å². The van der Waals surface area contributed by atoms with Crippen LogP contribution in [-0.4, -0.2) is 70.9 Å². The van der Waals surface area contributed by atoms with Crippen LogP contribution in [-0.2, 0) is 17.9 Å². The minimum atomic E-state index is -0.276. The van der Waals surface area contributed by atoms with E-state index in [0.717, 1.165) is 44.0 Å². The van der Waals surface area contributed by atoms with Gasteiger partial charge in [-0.2, -0.15) is 5.10 Å². The monoisotopic (exact) mass is 374 g/mol. The van der Waals surface area contributed by atoms with Gasteiger partial charge < -0.3 is 19.2 Å². The fourth-order valence-corrected chi connectivity index (χ4v) is 3.08. The van der Waals surface area contributed by atoms with Crippen molar-refractivity contribution in [3.63, 3.8) is 0 Å². The molecule has 0 bridgehead atoms. The molecule has 0 aromatic carbocycles. The molecule has 2 aromatic heterocycles. The largest absolute Gasteiger partial charge is 0.369 e. The van der Waals surface area contributed by atoms with E-state index in [1.807, 2.05) is 6.92 Å². The Morgan fingerprint density at radius 3 is 2.78 bits per heavy atom. The van der Waals surface area contributed by atoms with Crippen LogP contribution >= 0.6 is 0 Å². The summed E-state index contributed by atoms with van der Waals surface area (Å²) in [7, 11) is 3.76. The van der Waals surface area contributed by atoms with Gasteiger partial charge in [-0.1, -0.05) is 5.16 Å². The lowest BCUT2D eigenvalue weighted by Gasteiger charge is -2.22. The van der Waals surface area contributed by atoms with Gasteiger partial charge in [0.05, 0.1) is 24.1 Å². The summed E-state index contributed by atoms with van der Waals surface area (Å²) in [6, 6.07) is 3.34. The fourth-order valence-electron chi connectivity index (χ4n) is 3.08. The van der Waals surface area contributed by atoms with E-state index in [0.29, 0.717) is 12.3 Å². The number of nitrogens with zero attached hydrogens (tertiary/aromatic N) is 6. The quantitative estimate of drug-likeness (QED) is 0.746. The zero-order valence-electron chi connectivity index (χ0n) is 16.1. The lowest BCUT2D eigenvalue weighted by atomic mass is 10.3. The number of amides is 1. The van der Waals surface area contributed by atoms with E-state index in [-0.39, 0.29) is 18.0 Å². The lowest BCUT2D eigenvalue weighted by Crippen LogP contribution is -2.35. The highest BCUT2D eigenvalue weighted by atomic mass is 16.5. The highest BCUT2D eigenvalue weighted by Crippen LogP contribution is 2.13. The van der Waals surface area contributed by atoms with E-state index in [1.54, 1.807) is 25.4 Å². The molecule has 3 heterocycles. The van der Waals surface area contributed by atoms with E-state index in [9.17, 15) is 9.59 Å². The van der Waals surface area contributed by atoms with Crippen molar-refractivity contribution in [1.82, 2.24) is 24.7 Å². The number of carbonyl (C=O) groups is 1. The topological polar surface area (TPSA) is 87.7 Å². The molecule has 9 nitrogen and oxygen atoms in total. The summed E-state index contributed by atoms with van der Waals surface area (Å²) < 4.78 is 6.32. The zero-order chi connectivity index (χ0) is 19.4. The molecule has 1 amide bonds. The van der Waals surface area contributed by atoms with Crippen molar-refractivity contribution >= 4 is 11.6 Å². The van der Waals surface area contributed by atoms with Crippen LogP contribution in [0, 0.1) is 6.92 Å². The molecule has 0 radical (unpaired) electrons. The fraction of sp³-hybridized carbons (Fsp3) is 0.556. The number of likely N-dealkylation sites (N-methyl/N-ethyl adjacent to an activating group) is 2. The molecule has 1 fully saturated rings. The first kappa shape index (κ1) is 19.1. The molecule has 146 valence electrons. The summed E-state index contributed by atoms with van der Waals surface area (Å²) in [4.78, 5) is 30.7. The second-order valence-electron chi connectivity index (χ2n) is 7.04. The van der Waals surface area contributed by atoms with Crippen molar-refractivity contribution in [2.45, 2.75) is 26.4 Å². The minimum absolute atomic E-state index is 0.106. The van der Waals surface area contributed by atoms with Gasteiger partial charge in [-0.05, 0) is 26.9 Å². The van der Waals surface area contributed by atoms with Crippen molar-refractivity contribution in [3.05, 3.63) is 40.1 Å². The Bertz CT molecular complexity index is 846. The third-order valence-corrected chi connectivity index (χ3v) is 4.72. The summed E-state index contributed by atoms with van der Waals surface area (Å²) in [5.74, 6) is 0.382. The second kappa shape index (κ2) is 8.34. The Hall–Kier alpha value is -2.68. The molecule has 0 spiro atoms. The van der Waals surface area contributed by atoms with Crippen molar-refractivity contribution < 1.29 is 9.32 Å². The number of hydrogen-bond acceptors (Lipinski definition) is 7. The molecule has 27 heavy (non-hydrogen) atoms. The molecule has 2 aromatic rings. The van der Waals surface area contributed by atoms with Crippen LogP contribution in [0.4, 0.5) is 5.69 Å². The Labute approximate surface area is 158 Å². The third-order valence-electron chi connectivity index (χ3n) is 4.72. The normalized spacial score (nSPS) is 15.6. The van der Waals surface area contributed by atoms with Crippen LogP contribution in [0.2, 0.25) is 0 Å². The molecule has 0 unspecified atom stereocenters. The predicted octanol–water partition coefficient (Wildman–Crippen LogP) is 0.340. The summed E-state index contributed by atoms with van der Waals surface area (Å²) in [5, 5.41) is 8.01. The zero-order valence-corrected chi connectivity index (χ0v) is 16.1. The smallest absolute Gasteiger partial charge is 0.269 e. The van der Waals surface area contributed by atoms with Crippen molar-refractivity contribution in [1.29, 1.82) is 0 Å². The second-order valence-corrected chi connectivity index (χ2v) is 7.04. The Kier molecular flexibility index (Phi) is 5.90. The van der Waals surface area contributed by atoms with E-state index in [4.69, 9.17) is 4.52 Å². The average Bonchev–Trinajstić information content (AvgIpc) is 2.91. The van der Waals surface area contributed by atoms with Crippen LogP contribution in [0.1, 0.15) is 17.9 Å². The first-order chi connectivity index (χ1) is 12.9. The van der Waals surface area contributed by atoms with E-state index >= 15 is 0 Å². The van der Waals surface area contributed by atoms with Crippen LogP contribution in [0.5, 0.6) is 0 Å². The summed E-state index contributed by atoms with van der Waals surface area (Å²) in [5.41, 5.74) is 1.30. The maximum Gasteiger partial charge on any atom is 0.269 e. The number of anilines is 1. The number of carbonyl (C=O) groups excluding carboxylic acids is 1. The van der Waals surface area contributed by atoms with Gasteiger partial charge in [-0.3, -0.25) is 9.59 Å². The van der Waals surface area contributed by atoms with Crippen LogP contribution in [0.25, 0.3) is 0 Å². The van der Waals surface area contributed by atoms with Gasteiger partial charge in [0.15, 0.2) is 5.76 Å². The van der Waals surface area contributed by atoms with Gasteiger partial charge in [-0.15, -0.1) is 0 Å². The number of rotatable bonds is 5. The lowest BCUT2D eigenvalue weighted by molar-refractivity contribution is -0.131. The maximum atomic E-state index is 12.4. The Morgan fingerprint density at radius 1 is 1.26 bits per heavy atom. The number of hydrogen-bond donors (Lipinski definition) is 0. The first-order valence-electron chi connectivity index (χ1n) is 9.09. The Balaban J connectivity index is 1.63. The molecule has 0 saturated carbocycles. The molecule has 0 N–H and O–H groups in total. The number of aromatic nitrogens is 3. The SMILES string of the molecule is Cc1cc(CN(C)C(=O)Cn2ncc(N3CCCN(C)CC3)cc2=O)on1. The van der Waals surface area contributed by atoms with Gasteiger partial charge in [0.1, 0.15) is 6.54 Å². The van der Waals surface area contributed by atoms with Gasteiger partial charge in [0, 0.05) is 38.8 Å². The van der Waals surface area contributed by atoms with Gasteiger partial charge >= 0.3 is 0 Å². The predicted molar refractivity (Wildman–Crippen MR) is 101 cm³/mol. The van der Waals surface area contributed by atoms with Crippen LogP contribution in [0.15, 0.2) is 27.6 Å². The highest BCUT2D eigenvalue weighted by molar-refractivity contribution is 5.75. The van der Waals surface area contributed by atoms with E-state index in [2.05, 4.69) is 27.1 Å². The molecule has 3 rings (SSSR count). The first-order valence-corrected chi connectivity index (χ1v) is 9.09. The highest BCUT2D eigenvalue weighted by Gasteiger charge is 2.16. The van der Waals surface area contributed by atoms with Crippen molar-refractivity contribution in [3.8, 4) is 0 Å². The summed E-state index contributed by atoms with van der Waals surface area (Å²) in [6.07, 6.45) is 2.71. The van der Waals surface area contributed by atoms with Gasteiger partial charge in [0.25, 0.3) is 5.56 Å². The molecule has 0 atom stereocenters. The Morgan fingerprint density at radius 2 is 2.07 bits per heavy atom. The molecule has 9 heteroatoms. The van der Waals surface area contributed by atoms with Crippen molar-refractivity contribution in [2.75, 3.05) is 45.2 Å². The summed E-state index contributed by atoms with van der Waals surface area (Å²) in [6.45, 7) is 5.77. The molecular weight excluding hydrogens is 348 g/mol. The van der Waals surface area contributed by atoms with Gasteiger partial charge in [-0.25, -0.2) is 4.68 Å². The molecule has 1 aliphatic heterocycles. The van der Waals surface area contributed by atoms with E-state index in [1.165, 1.54) is 9.58 Å². The van der Waals surface area contributed by atoms with Crippen LogP contribution in [0.3, 0.4) is 0 Å². The minimum Gasteiger partial charge on any atom is -0.369 e. The van der Waals surface area contributed by atoms with Gasteiger partial charge in [0.2, 0.25) is 5.91 Å². The molecule has 1 aliphatic rings. The third kappa shape index (κ3) is 4.94. The number of aryl methyl sites for hydroxylation is 1. The van der Waals surface area contributed by atoms with E-state index < -0.39 is 0 Å². The standard InChI is InChI=1S/C18H26N6O3/c1-14-9-16(27-20-14)12-22(3)18(26)13-24-17(25)10-15(11-19-24)23-6-4-5-21(2)7-8-23/h9-11H,4-8,12-13H2,1-3H3. The molecular formula is C18H26N6O3. The summed E-state index contributed by atoms with van der Waals surface area (Å²) >= 11 is 0. The maximum absolute atomic E-state index is 12.4. The molecule has 1 saturated heterocycles.